The van der Waals surface area contributed by atoms with Crippen molar-refractivity contribution < 1.29 is 4.74 Å². The van der Waals surface area contributed by atoms with Gasteiger partial charge in [0.05, 0.1) is 17.3 Å². The standard InChI is InChI=1S/C20H28N2O/c1-14(2)15-5-8-18(9-6-15)23-19-10-11-20-16(12-19)4-7-17(22-20)13-21-3/h4,7,10-12,14-15,18,21H,5-6,8-9,13H2,1-3H3/t15-,18+. The van der Waals surface area contributed by atoms with Gasteiger partial charge in [0.1, 0.15) is 5.75 Å². The lowest BCUT2D eigenvalue weighted by Crippen LogP contribution is -2.26. The second-order valence-corrected chi connectivity index (χ2v) is 7.09. The average molecular weight is 312 g/mol. The first-order valence-corrected chi connectivity index (χ1v) is 8.86. The monoisotopic (exact) mass is 312 g/mol. The van der Waals surface area contributed by atoms with E-state index in [-0.39, 0.29) is 0 Å². The number of hydrogen-bond donors (Lipinski definition) is 1. The van der Waals surface area contributed by atoms with Gasteiger partial charge in [0.2, 0.25) is 0 Å². The molecule has 0 radical (unpaired) electrons. The van der Waals surface area contributed by atoms with Crippen molar-refractivity contribution in [1.29, 1.82) is 0 Å². The zero-order valence-corrected chi connectivity index (χ0v) is 14.5. The lowest BCUT2D eigenvalue weighted by atomic mass is 9.80. The van der Waals surface area contributed by atoms with Gasteiger partial charge in [0, 0.05) is 11.9 Å². The first kappa shape index (κ1) is 16.3. The Morgan fingerprint density at radius 2 is 1.91 bits per heavy atom. The molecule has 0 unspecified atom stereocenters. The third-order valence-electron chi connectivity index (χ3n) is 5.04. The molecule has 0 amide bonds. The molecule has 0 saturated heterocycles. The summed E-state index contributed by atoms with van der Waals surface area (Å²) in [4.78, 5) is 4.66. The third kappa shape index (κ3) is 4.03. The van der Waals surface area contributed by atoms with E-state index < -0.39 is 0 Å². The van der Waals surface area contributed by atoms with Crippen molar-refractivity contribution in [2.75, 3.05) is 7.05 Å². The van der Waals surface area contributed by atoms with Crippen LogP contribution in [0.4, 0.5) is 0 Å². The van der Waals surface area contributed by atoms with Gasteiger partial charge >= 0.3 is 0 Å². The maximum absolute atomic E-state index is 6.23. The molecular weight excluding hydrogens is 284 g/mol. The number of nitrogens with zero attached hydrogens (tertiary/aromatic N) is 1. The van der Waals surface area contributed by atoms with Gasteiger partial charge in [-0.15, -0.1) is 0 Å². The Morgan fingerprint density at radius 1 is 1.13 bits per heavy atom. The fourth-order valence-corrected chi connectivity index (χ4v) is 3.56. The number of hydrogen-bond acceptors (Lipinski definition) is 3. The van der Waals surface area contributed by atoms with Crippen LogP contribution in [0.1, 0.15) is 45.2 Å². The second-order valence-electron chi connectivity index (χ2n) is 7.09. The quantitative estimate of drug-likeness (QED) is 0.879. The fraction of sp³-hybridized carbons (Fsp3) is 0.550. The van der Waals surface area contributed by atoms with Crippen molar-refractivity contribution in [3.63, 3.8) is 0 Å². The normalized spacial score (nSPS) is 21.7. The minimum Gasteiger partial charge on any atom is -0.490 e. The van der Waals surface area contributed by atoms with E-state index in [1.807, 2.05) is 7.05 Å². The van der Waals surface area contributed by atoms with Crippen molar-refractivity contribution in [2.24, 2.45) is 11.8 Å². The summed E-state index contributed by atoms with van der Waals surface area (Å²) in [6, 6.07) is 10.5. The molecule has 0 spiro atoms. The number of pyridine rings is 1. The largest absolute Gasteiger partial charge is 0.490 e. The summed E-state index contributed by atoms with van der Waals surface area (Å²) in [5.74, 6) is 2.66. The Morgan fingerprint density at radius 3 is 2.61 bits per heavy atom. The van der Waals surface area contributed by atoms with E-state index in [0.717, 1.165) is 40.7 Å². The Labute approximate surface area is 139 Å². The zero-order valence-electron chi connectivity index (χ0n) is 14.5. The highest BCUT2D eigenvalue weighted by Gasteiger charge is 2.24. The summed E-state index contributed by atoms with van der Waals surface area (Å²) >= 11 is 0. The first-order chi connectivity index (χ1) is 11.2. The molecule has 124 valence electrons. The predicted octanol–water partition coefficient (Wildman–Crippen LogP) is 4.55. The van der Waals surface area contributed by atoms with Crippen molar-refractivity contribution in [2.45, 2.75) is 52.2 Å². The van der Waals surface area contributed by atoms with Crippen LogP contribution in [0.25, 0.3) is 10.9 Å². The van der Waals surface area contributed by atoms with Gasteiger partial charge in [-0.1, -0.05) is 19.9 Å². The molecule has 0 atom stereocenters. The molecule has 1 saturated carbocycles. The molecule has 0 aliphatic heterocycles. The number of nitrogens with one attached hydrogen (secondary N) is 1. The SMILES string of the molecule is CNCc1ccc2cc(O[C@H]3CC[C@@H](C(C)C)CC3)ccc2n1. The van der Waals surface area contributed by atoms with Gasteiger partial charge in [-0.2, -0.15) is 0 Å². The van der Waals surface area contributed by atoms with Crippen LogP contribution in [0.3, 0.4) is 0 Å². The molecule has 1 aliphatic carbocycles. The smallest absolute Gasteiger partial charge is 0.120 e. The highest BCUT2D eigenvalue weighted by atomic mass is 16.5. The van der Waals surface area contributed by atoms with Crippen LogP contribution in [-0.2, 0) is 6.54 Å². The molecule has 23 heavy (non-hydrogen) atoms. The van der Waals surface area contributed by atoms with E-state index in [1.165, 1.54) is 25.7 Å². The van der Waals surface area contributed by atoms with E-state index in [4.69, 9.17) is 4.74 Å². The predicted molar refractivity (Wildman–Crippen MR) is 95.7 cm³/mol. The Bertz CT molecular complexity index is 645. The van der Waals surface area contributed by atoms with E-state index in [9.17, 15) is 0 Å². The highest BCUT2D eigenvalue weighted by Crippen LogP contribution is 2.32. The highest BCUT2D eigenvalue weighted by molar-refractivity contribution is 5.80. The van der Waals surface area contributed by atoms with Crippen LogP contribution in [-0.4, -0.2) is 18.1 Å². The number of benzene rings is 1. The lowest BCUT2D eigenvalue weighted by Gasteiger charge is -2.31. The summed E-state index contributed by atoms with van der Waals surface area (Å²) in [6.07, 6.45) is 5.33. The molecule has 1 aliphatic rings. The third-order valence-corrected chi connectivity index (χ3v) is 5.04. The van der Waals surface area contributed by atoms with Gasteiger partial charge in [-0.25, -0.2) is 0 Å². The summed E-state index contributed by atoms with van der Waals surface area (Å²) in [7, 11) is 1.94. The van der Waals surface area contributed by atoms with Crippen LogP contribution >= 0.6 is 0 Å². The van der Waals surface area contributed by atoms with Gasteiger partial charge in [0.15, 0.2) is 0 Å². The maximum atomic E-state index is 6.23. The number of aromatic nitrogens is 1. The van der Waals surface area contributed by atoms with Crippen LogP contribution in [0, 0.1) is 11.8 Å². The molecule has 3 nitrogen and oxygen atoms in total. The zero-order chi connectivity index (χ0) is 16.2. The summed E-state index contributed by atoms with van der Waals surface area (Å²) < 4.78 is 6.23. The van der Waals surface area contributed by atoms with Crippen LogP contribution < -0.4 is 10.1 Å². The molecule has 1 fully saturated rings. The molecule has 0 bridgehead atoms. The van der Waals surface area contributed by atoms with Crippen molar-refractivity contribution >= 4 is 10.9 Å². The fourth-order valence-electron chi connectivity index (χ4n) is 3.56. The van der Waals surface area contributed by atoms with E-state index in [0.29, 0.717) is 6.10 Å². The van der Waals surface area contributed by atoms with E-state index >= 15 is 0 Å². The minimum atomic E-state index is 0.374. The Balaban J connectivity index is 1.66. The van der Waals surface area contributed by atoms with Crippen LogP contribution in [0.2, 0.25) is 0 Å². The van der Waals surface area contributed by atoms with Gasteiger partial charge in [0.25, 0.3) is 0 Å². The molecule has 2 aromatic rings. The van der Waals surface area contributed by atoms with Crippen LogP contribution in [0.5, 0.6) is 5.75 Å². The van der Waals surface area contributed by atoms with E-state index in [1.54, 1.807) is 0 Å². The molecule has 3 heteroatoms. The van der Waals surface area contributed by atoms with Crippen molar-refractivity contribution in [3.05, 3.63) is 36.0 Å². The number of ether oxygens (including phenoxy) is 1. The number of rotatable bonds is 5. The molecule has 1 aromatic carbocycles. The van der Waals surface area contributed by atoms with Crippen LogP contribution in [0.15, 0.2) is 30.3 Å². The summed E-state index contributed by atoms with van der Waals surface area (Å²) in [6.45, 7) is 5.47. The second kappa shape index (κ2) is 7.31. The Hall–Kier alpha value is -1.61. The van der Waals surface area contributed by atoms with Crippen molar-refractivity contribution in [1.82, 2.24) is 10.3 Å². The Kier molecular flexibility index (Phi) is 5.16. The average Bonchev–Trinajstić information content (AvgIpc) is 2.56. The molecule has 1 N–H and O–H groups in total. The molecule has 1 aromatic heterocycles. The van der Waals surface area contributed by atoms with Gasteiger partial charge in [-0.05, 0) is 68.8 Å². The van der Waals surface area contributed by atoms with Crippen molar-refractivity contribution in [3.8, 4) is 5.75 Å². The lowest BCUT2D eigenvalue weighted by molar-refractivity contribution is 0.117. The molecule has 1 heterocycles. The topological polar surface area (TPSA) is 34.1 Å². The van der Waals surface area contributed by atoms with E-state index in [2.05, 4.69) is 54.5 Å². The minimum absolute atomic E-state index is 0.374. The molecule has 3 rings (SSSR count). The summed E-state index contributed by atoms with van der Waals surface area (Å²) in [5.41, 5.74) is 2.11. The maximum Gasteiger partial charge on any atom is 0.120 e. The van der Waals surface area contributed by atoms with Gasteiger partial charge < -0.3 is 10.1 Å². The summed E-state index contributed by atoms with van der Waals surface area (Å²) in [5, 5.41) is 4.29. The first-order valence-electron chi connectivity index (χ1n) is 8.86. The van der Waals surface area contributed by atoms with Gasteiger partial charge in [-0.3, -0.25) is 4.98 Å². The number of fused-ring (bicyclic) bond motifs is 1. The molecular formula is C20H28N2O.